The van der Waals surface area contributed by atoms with E-state index in [4.69, 9.17) is 22.1 Å². The molecule has 2 rings (SSSR count). The zero-order valence-electron chi connectivity index (χ0n) is 11.4. The van der Waals surface area contributed by atoms with Gasteiger partial charge >= 0.3 is 0 Å². The maximum atomic E-state index is 13.9. The van der Waals surface area contributed by atoms with Gasteiger partial charge in [-0.3, -0.25) is 0 Å². The van der Waals surface area contributed by atoms with E-state index in [2.05, 4.69) is 0 Å². The van der Waals surface area contributed by atoms with Gasteiger partial charge in [0.15, 0.2) is 11.6 Å². The molecule has 2 unspecified atom stereocenters. The molecule has 0 bridgehead atoms. The SMILES string of the molecule is Cc1cccc(C(Oc2cccc(Cl)c2F)C(C)N)c1. The van der Waals surface area contributed by atoms with Gasteiger partial charge in [-0.05, 0) is 31.5 Å². The Morgan fingerprint density at radius 1 is 1.20 bits per heavy atom. The topological polar surface area (TPSA) is 35.2 Å². The highest BCUT2D eigenvalue weighted by Gasteiger charge is 2.20. The quantitative estimate of drug-likeness (QED) is 0.914. The summed E-state index contributed by atoms with van der Waals surface area (Å²) in [6.45, 7) is 3.82. The predicted molar refractivity (Wildman–Crippen MR) is 79.6 cm³/mol. The molecule has 2 atom stereocenters. The third-order valence-corrected chi connectivity index (χ3v) is 3.31. The van der Waals surface area contributed by atoms with Crippen LogP contribution in [0.3, 0.4) is 0 Å². The number of aryl methyl sites for hydroxylation is 1. The van der Waals surface area contributed by atoms with Gasteiger partial charge in [-0.15, -0.1) is 0 Å². The Balaban J connectivity index is 2.33. The van der Waals surface area contributed by atoms with E-state index in [-0.39, 0.29) is 16.8 Å². The Hall–Kier alpha value is -1.58. The molecular formula is C16H17ClFNO. The fourth-order valence-electron chi connectivity index (χ4n) is 2.04. The summed E-state index contributed by atoms with van der Waals surface area (Å²) in [6, 6.07) is 12.2. The Kier molecular flexibility index (Phi) is 4.63. The van der Waals surface area contributed by atoms with Gasteiger partial charge in [-0.1, -0.05) is 47.5 Å². The largest absolute Gasteiger partial charge is 0.481 e. The molecule has 0 aromatic heterocycles. The van der Waals surface area contributed by atoms with E-state index < -0.39 is 11.9 Å². The molecule has 0 radical (unpaired) electrons. The van der Waals surface area contributed by atoms with Crippen molar-refractivity contribution in [2.24, 2.45) is 5.73 Å². The maximum Gasteiger partial charge on any atom is 0.183 e. The Labute approximate surface area is 123 Å². The summed E-state index contributed by atoms with van der Waals surface area (Å²) in [5, 5.41) is 0.0372. The van der Waals surface area contributed by atoms with Crippen LogP contribution in [0.4, 0.5) is 4.39 Å². The number of hydrogen-bond acceptors (Lipinski definition) is 2. The molecule has 0 saturated carbocycles. The van der Waals surface area contributed by atoms with Crippen molar-refractivity contribution >= 4 is 11.6 Å². The van der Waals surface area contributed by atoms with Crippen LogP contribution in [0.15, 0.2) is 42.5 Å². The Morgan fingerprint density at radius 3 is 2.55 bits per heavy atom. The summed E-state index contributed by atoms with van der Waals surface area (Å²) < 4.78 is 19.7. The summed E-state index contributed by atoms with van der Waals surface area (Å²) in [5.74, 6) is -0.450. The standard InChI is InChI=1S/C16H17ClFNO/c1-10-5-3-6-12(9-10)16(11(2)19)20-14-8-4-7-13(17)15(14)18/h3-9,11,16H,19H2,1-2H3. The molecule has 0 aliphatic rings. The van der Waals surface area contributed by atoms with E-state index in [9.17, 15) is 4.39 Å². The van der Waals surface area contributed by atoms with E-state index in [0.29, 0.717) is 0 Å². The first kappa shape index (κ1) is 14.8. The molecule has 0 aliphatic carbocycles. The van der Waals surface area contributed by atoms with Crippen LogP contribution < -0.4 is 10.5 Å². The Morgan fingerprint density at radius 2 is 1.90 bits per heavy atom. The summed E-state index contributed by atoms with van der Waals surface area (Å²) in [6.07, 6.45) is -0.428. The van der Waals surface area contributed by atoms with E-state index in [1.807, 2.05) is 38.1 Å². The smallest absolute Gasteiger partial charge is 0.183 e. The Bertz CT molecular complexity index is 601. The third-order valence-electron chi connectivity index (χ3n) is 3.02. The lowest BCUT2D eigenvalue weighted by atomic mass is 10.0. The summed E-state index contributed by atoms with van der Waals surface area (Å²) >= 11 is 5.76. The average Bonchev–Trinajstić information content (AvgIpc) is 2.40. The maximum absolute atomic E-state index is 13.9. The first-order valence-electron chi connectivity index (χ1n) is 6.42. The molecule has 20 heavy (non-hydrogen) atoms. The van der Waals surface area contributed by atoms with Crippen LogP contribution in [-0.2, 0) is 0 Å². The molecule has 0 fully saturated rings. The van der Waals surface area contributed by atoms with Gasteiger partial charge in [0.1, 0.15) is 6.10 Å². The number of rotatable bonds is 4. The third kappa shape index (κ3) is 3.30. The number of benzene rings is 2. The van der Waals surface area contributed by atoms with Crippen molar-refractivity contribution in [2.45, 2.75) is 26.0 Å². The highest BCUT2D eigenvalue weighted by molar-refractivity contribution is 6.30. The first-order chi connectivity index (χ1) is 9.49. The fourth-order valence-corrected chi connectivity index (χ4v) is 2.20. The second-order valence-corrected chi connectivity index (χ2v) is 5.27. The van der Waals surface area contributed by atoms with Gasteiger partial charge in [0.25, 0.3) is 0 Å². The number of nitrogens with two attached hydrogens (primary N) is 1. The van der Waals surface area contributed by atoms with Crippen molar-refractivity contribution in [1.29, 1.82) is 0 Å². The highest BCUT2D eigenvalue weighted by atomic mass is 35.5. The normalized spacial score (nSPS) is 13.8. The fraction of sp³-hybridized carbons (Fsp3) is 0.250. The minimum absolute atomic E-state index is 0.0372. The van der Waals surface area contributed by atoms with Crippen molar-refractivity contribution in [1.82, 2.24) is 0 Å². The lowest BCUT2D eigenvalue weighted by Gasteiger charge is -2.23. The number of hydrogen-bond donors (Lipinski definition) is 1. The van der Waals surface area contributed by atoms with Gasteiger partial charge < -0.3 is 10.5 Å². The molecule has 2 N–H and O–H groups in total. The first-order valence-corrected chi connectivity index (χ1v) is 6.79. The predicted octanol–water partition coefficient (Wildman–Crippen LogP) is 4.25. The average molecular weight is 294 g/mol. The van der Waals surface area contributed by atoms with Gasteiger partial charge in [-0.25, -0.2) is 4.39 Å². The molecule has 0 saturated heterocycles. The van der Waals surface area contributed by atoms with Crippen molar-refractivity contribution in [3.05, 3.63) is 64.4 Å². The van der Waals surface area contributed by atoms with Crippen LogP contribution in [-0.4, -0.2) is 6.04 Å². The van der Waals surface area contributed by atoms with E-state index >= 15 is 0 Å². The van der Waals surface area contributed by atoms with Crippen LogP contribution >= 0.6 is 11.6 Å². The van der Waals surface area contributed by atoms with Gasteiger partial charge in [0.05, 0.1) is 5.02 Å². The molecule has 4 heteroatoms. The summed E-state index contributed by atoms with van der Waals surface area (Å²) in [5.41, 5.74) is 7.99. The monoisotopic (exact) mass is 293 g/mol. The van der Waals surface area contributed by atoms with Crippen molar-refractivity contribution in [2.75, 3.05) is 0 Å². The molecule has 0 spiro atoms. The number of ether oxygens (including phenoxy) is 1. The molecule has 0 aliphatic heterocycles. The highest BCUT2D eigenvalue weighted by Crippen LogP contribution is 2.30. The van der Waals surface area contributed by atoms with Crippen molar-refractivity contribution in [3.63, 3.8) is 0 Å². The van der Waals surface area contributed by atoms with E-state index in [1.54, 1.807) is 12.1 Å². The molecule has 2 nitrogen and oxygen atoms in total. The van der Waals surface area contributed by atoms with Crippen LogP contribution in [0, 0.1) is 12.7 Å². The van der Waals surface area contributed by atoms with E-state index in [1.165, 1.54) is 6.07 Å². The lowest BCUT2D eigenvalue weighted by molar-refractivity contribution is 0.172. The molecule has 0 heterocycles. The molecule has 2 aromatic rings. The van der Waals surface area contributed by atoms with Crippen LogP contribution in [0.2, 0.25) is 5.02 Å². The second kappa shape index (κ2) is 6.25. The van der Waals surface area contributed by atoms with Crippen molar-refractivity contribution in [3.8, 4) is 5.75 Å². The molecule has 0 amide bonds. The lowest BCUT2D eigenvalue weighted by Crippen LogP contribution is -2.29. The zero-order valence-corrected chi connectivity index (χ0v) is 12.2. The summed E-state index contributed by atoms with van der Waals surface area (Å²) in [4.78, 5) is 0. The minimum atomic E-state index is -0.563. The van der Waals surface area contributed by atoms with Gasteiger partial charge in [-0.2, -0.15) is 0 Å². The van der Waals surface area contributed by atoms with Crippen LogP contribution in [0.1, 0.15) is 24.2 Å². The number of halogens is 2. The van der Waals surface area contributed by atoms with Crippen LogP contribution in [0.25, 0.3) is 0 Å². The summed E-state index contributed by atoms with van der Waals surface area (Å²) in [7, 11) is 0. The second-order valence-electron chi connectivity index (χ2n) is 4.86. The van der Waals surface area contributed by atoms with Crippen molar-refractivity contribution < 1.29 is 9.13 Å². The molecule has 106 valence electrons. The minimum Gasteiger partial charge on any atom is -0.481 e. The van der Waals surface area contributed by atoms with Crippen LogP contribution in [0.5, 0.6) is 5.75 Å². The van der Waals surface area contributed by atoms with Gasteiger partial charge in [0.2, 0.25) is 0 Å². The van der Waals surface area contributed by atoms with Gasteiger partial charge in [0, 0.05) is 6.04 Å². The molecule has 2 aromatic carbocycles. The zero-order chi connectivity index (χ0) is 14.7. The molecular weight excluding hydrogens is 277 g/mol. The van der Waals surface area contributed by atoms with E-state index in [0.717, 1.165) is 11.1 Å².